The lowest BCUT2D eigenvalue weighted by molar-refractivity contribution is -0.384. The van der Waals surface area contributed by atoms with Crippen molar-refractivity contribution in [2.75, 3.05) is 24.2 Å². The molecule has 0 radical (unpaired) electrons. The molecular weight excluding hydrogens is 386 g/mol. The summed E-state index contributed by atoms with van der Waals surface area (Å²) in [6, 6.07) is 5.92. The van der Waals surface area contributed by atoms with Gasteiger partial charge in [-0.25, -0.2) is 4.79 Å². The van der Waals surface area contributed by atoms with Crippen LogP contribution in [0.15, 0.2) is 33.9 Å². The second-order valence-corrected chi connectivity index (χ2v) is 6.00. The fraction of sp³-hybridized carbons (Fsp3) is 0.294. The van der Waals surface area contributed by atoms with Crippen molar-refractivity contribution in [1.82, 2.24) is 9.13 Å². The Balaban J connectivity index is 1.96. The average molecular weight is 405 g/mol. The van der Waals surface area contributed by atoms with Crippen LogP contribution in [0.3, 0.4) is 0 Å². The maximum absolute atomic E-state index is 12.2. The Kier molecular flexibility index (Phi) is 6.49. The molecule has 0 saturated carbocycles. The third kappa shape index (κ3) is 4.66. The first-order valence-electron chi connectivity index (χ1n) is 8.36. The highest BCUT2D eigenvalue weighted by Crippen LogP contribution is 2.22. The number of anilines is 2. The molecular formula is C17H19N5O7. The zero-order valence-electron chi connectivity index (χ0n) is 15.7. The van der Waals surface area contributed by atoms with Crippen LogP contribution in [-0.2, 0) is 23.6 Å². The number of nitrogens with two attached hydrogens (primary N) is 1. The van der Waals surface area contributed by atoms with Gasteiger partial charge in [0.05, 0.1) is 11.3 Å². The SMILES string of the molecule is Cn1c(N)c(C(=O)COC(=O)CCNc2ccccc2[N+](=O)[O-])c(=O)n(C)c1=O. The molecule has 1 aromatic heterocycles. The van der Waals surface area contributed by atoms with Crippen LogP contribution in [0.1, 0.15) is 16.8 Å². The number of ether oxygens (including phenoxy) is 1. The molecule has 0 amide bonds. The molecule has 0 atom stereocenters. The Morgan fingerprint density at radius 3 is 2.52 bits per heavy atom. The molecule has 3 N–H and O–H groups in total. The summed E-state index contributed by atoms with van der Waals surface area (Å²) in [6.07, 6.45) is -0.180. The summed E-state index contributed by atoms with van der Waals surface area (Å²) in [4.78, 5) is 58.3. The first-order chi connectivity index (χ1) is 13.6. The molecule has 12 nitrogen and oxygen atoms in total. The molecule has 0 saturated heterocycles. The van der Waals surface area contributed by atoms with E-state index in [9.17, 15) is 29.3 Å². The number of nitrogens with zero attached hydrogens (tertiary/aromatic N) is 3. The number of nitro benzene ring substituents is 1. The van der Waals surface area contributed by atoms with Gasteiger partial charge < -0.3 is 15.8 Å². The van der Waals surface area contributed by atoms with Crippen LogP contribution in [0.2, 0.25) is 0 Å². The summed E-state index contributed by atoms with van der Waals surface area (Å²) in [5, 5.41) is 13.7. The minimum absolute atomic E-state index is 0.0294. The zero-order valence-corrected chi connectivity index (χ0v) is 15.7. The number of ketones is 1. The van der Waals surface area contributed by atoms with E-state index >= 15 is 0 Å². The lowest BCUT2D eigenvalue weighted by atomic mass is 10.2. The van der Waals surface area contributed by atoms with E-state index in [0.717, 1.165) is 9.13 Å². The van der Waals surface area contributed by atoms with Crippen LogP contribution < -0.4 is 22.3 Å². The number of nitrogens with one attached hydrogen (secondary N) is 1. The third-order valence-corrected chi connectivity index (χ3v) is 4.10. The van der Waals surface area contributed by atoms with E-state index in [1.54, 1.807) is 6.07 Å². The fourth-order valence-electron chi connectivity index (χ4n) is 2.49. The normalized spacial score (nSPS) is 10.4. The van der Waals surface area contributed by atoms with Gasteiger partial charge >= 0.3 is 11.7 Å². The fourth-order valence-corrected chi connectivity index (χ4v) is 2.49. The van der Waals surface area contributed by atoms with Crippen LogP contribution in [0, 0.1) is 10.1 Å². The van der Waals surface area contributed by atoms with Gasteiger partial charge in [-0.2, -0.15) is 0 Å². The number of carbonyl (C=O) groups is 2. The summed E-state index contributed by atoms with van der Waals surface area (Å²) in [6.45, 7) is -0.705. The van der Waals surface area contributed by atoms with Crippen LogP contribution >= 0.6 is 0 Å². The molecule has 0 spiro atoms. The maximum Gasteiger partial charge on any atom is 0.332 e. The third-order valence-electron chi connectivity index (χ3n) is 4.10. The van der Waals surface area contributed by atoms with Gasteiger partial charge in [-0.1, -0.05) is 12.1 Å². The predicted molar refractivity (Wildman–Crippen MR) is 103 cm³/mol. The summed E-state index contributed by atoms with van der Waals surface area (Å²) in [7, 11) is 2.50. The average Bonchev–Trinajstić information content (AvgIpc) is 2.69. The van der Waals surface area contributed by atoms with Crippen LogP contribution in [-0.4, -0.2) is 39.0 Å². The first-order valence-corrected chi connectivity index (χ1v) is 8.36. The number of esters is 1. The van der Waals surface area contributed by atoms with Gasteiger partial charge in [0.15, 0.2) is 6.61 Å². The van der Waals surface area contributed by atoms with E-state index < -0.39 is 40.1 Å². The Morgan fingerprint density at radius 1 is 1.21 bits per heavy atom. The van der Waals surface area contributed by atoms with Gasteiger partial charge in [0.1, 0.15) is 17.1 Å². The molecule has 0 bridgehead atoms. The van der Waals surface area contributed by atoms with Gasteiger partial charge in [0.2, 0.25) is 5.78 Å². The molecule has 29 heavy (non-hydrogen) atoms. The predicted octanol–water partition coefficient (Wildman–Crippen LogP) is -0.198. The van der Waals surface area contributed by atoms with E-state index in [4.69, 9.17) is 10.5 Å². The molecule has 1 heterocycles. The first kappa shape index (κ1) is 21.3. The van der Waals surface area contributed by atoms with E-state index in [1.165, 1.54) is 32.3 Å². The van der Waals surface area contributed by atoms with E-state index in [2.05, 4.69) is 5.32 Å². The number of nitro groups is 1. The Labute approximate surface area is 163 Å². The lowest BCUT2D eigenvalue weighted by Gasteiger charge is -2.11. The van der Waals surface area contributed by atoms with Gasteiger partial charge in [0.25, 0.3) is 11.2 Å². The second-order valence-electron chi connectivity index (χ2n) is 6.00. The van der Waals surface area contributed by atoms with Gasteiger partial charge in [0, 0.05) is 26.7 Å². The summed E-state index contributed by atoms with van der Waals surface area (Å²) in [5.41, 5.74) is 3.74. The minimum Gasteiger partial charge on any atom is -0.457 e. The smallest absolute Gasteiger partial charge is 0.332 e. The van der Waals surface area contributed by atoms with Gasteiger partial charge in [-0.3, -0.25) is 33.6 Å². The van der Waals surface area contributed by atoms with E-state index in [0.29, 0.717) is 0 Å². The number of nitrogen functional groups attached to an aromatic ring is 1. The number of rotatable bonds is 8. The van der Waals surface area contributed by atoms with E-state index in [-0.39, 0.29) is 30.2 Å². The van der Waals surface area contributed by atoms with Crippen molar-refractivity contribution in [1.29, 1.82) is 0 Å². The number of hydrogen-bond donors (Lipinski definition) is 2. The quantitative estimate of drug-likeness (QED) is 0.261. The van der Waals surface area contributed by atoms with Crippen molar-refractivity contribution in [2.24, 2.45) is 14.1 Å². The molecule has 1 aromatic carbocycles. The van der Waals surface area contributed by atoms with Gasteiger partial charge in [-0.05, 0) is 6.07 Å². The molecule has 0 aliphatic rings. The van der Waals surface area contributed by atoms with Crippen molar-refractivity contribution >= 4 is 28.9 Å². The van der Waals surface area contributed by atoms with Gasteiger partial charge in [-0.15, -0.1) is 0 Å². The molecule has 0 aliphatic carbocycles. The monoisotopic (exact) mass is 405 g/mol. The molecule has 12 heteroatoms. The van der Waals surface area contributed by atoms with Crippen molar-refractivity contribution in [2.45, 2.75) is 6.42 Å². The Bertz CT molecular complexity index is 1090. The number of hydrogen-bond acceptors (Lipinski definition) is 9. The van der Waals surface area contributed by atoms with Crippen molar-refractivity contribution < 1.29 is 19.2 Å². The Morgan fingerprint density at radius 2 is 1.86 bits per heavy atom. The largest absolute Gasteiger partial charge is 0.457 e. The molecule has 0 unspecified atom stereocenters. The summed E-state index contributed by atoms with van der Waals surface area (Å²) in [5.74, 6) is -1.93. The number of Topliss-reactive ketones (excluding diaryl/α,β-unsaturated/α-hetero) is 1. The number of aromatic nitrogens is 2. The summed E-state index contributed by atoms with van der Waals surface area (Å²) < 4.78 is 6.50. The van der Waals surface area contributed by atoms with E-state index in [1.807, 2.05) is 0 Å². The van der Waals surface area contributed by atoms with Crippen LogP contribution in [0.5, 0.6) is 0 Å². The standard InChI is InChI=1S/C17H19N5O7/c1-20-15(18)14(16(25)21(2)17(20)26)12(23)9-29-13(24)7-8-19-10-5-3-4-6-11(10)22(27)28/h3-6,19H,7-9,18H2,1-2H3. The van der Waals surface area contributed by atoms with Crippen molar-refractivity contribution in [3.8, 4) is 0 Å². The lowest BCUT2D eigenvalue weighted by Crippen LogP contribution is -2.42. The highest BCUT2D eigenvalue weighted by molar-refractivity contribution is 6.01. The highest BCUT2D eigenvalue weighted by Gasteiger charge is 2.21. The Hall–Kier alpha value is -3.96. The van der Waals surface area contributed by atoms with Crippen LogP contribution in [0.4, 0.5) is 17.2 Å². The molecule has 0 aliphatic heterocycles. The topological polar surface area (TPSA) is 169 Å². The van der Waals surface area contributed by atoms with Crippen molar-refractivity contribution in [3.63, 3.8) is 0 Å². The zero-order chi connectivity index (χ0) is 21.7. The second kappa shape index (κ2) is 8.82. The number of benzene rings is 1. The molecule has 0 fully saturated rings. The van der Waals surface area contributed by atoms with Crippen molar-refractivity contribution in [3.05, 3.63) is 60.8 Å². The maximum atomic E-state index is 12.2. The molecule has 2 rings (SSSR count). The molecule has 2 aromatic rings. The highest BCUT2D eigenvalue weighted by atomic mass is 16.6. The summed E-state index contributed by atoms with van der Waals surface area (Å²) >= 11 is 0. The minimum atomic E-state index is -0.885. The van der Waals surface area contributed by atoms with Crippen LogP contribution in [0.25, 0.3) is 0 Å². The number of carbonyl (C=O) groups excluding carboxylic acids is 2. The molecule has 154 valence electrons. The number of para-hydroxylation sites is 2.